The molecule has 2 aromatic carbocycles. The average Bonchev–Trinajstić information content (AvgIpc) is 2.39. The third-order valence-electron chi connectivity index (χ3n) is 3.07. The highest BCUT2D eigenvalue weighted by Gasteiger charge is 2.19. The number of ether oxygens (including phenoxy) is 1. The number of aryl methyl sites for hydroxylation is 1. The van der Waals surface area contributed by atoms with Gasteiger partial charge in [-0.15, -0.1) is 0 Å². The fraction of sp³-hybridized carbons (Fsp3) is 0.250. The van der Waals surface area contributed by atoms with Crippen LogP contribution in [0.25, 0.3) is 0 Å². The number of halogens is 2. The molecule has 2 rings (SSSR count). The summed E-state index contributed by atoms with van der Waals surface area (Å²) in [4.78, 5) is 0. The Morgan fingerprint density at radius 1 is 1.00 bits per heavy atom. The Kier molecular flexibility index (Phi) is 4.92. The van der Waals surface area contributed by atoms with E-state index in [1.807, 2.05) is 56.3 Å². The fourth-order valence-corrected chi connectivity index (χ4v) is 2.37. The van der Waals surface area contributed by atoms with Crippen molar-refractivity contribution in [2.45, 2.75) is 26.0 Å². The van der Waals surface area contributed by atoms with Crippen molar-refractivity contribution in [3.63, 3.8) is 0 Å². The van der Waals surface area contributed by atoms with Gasteiger partial charge in [0.15, 0.2) is 0 Å². The van der Waals surface area contributed by atoms with Crippen LogP contribution in [0, 0.1) is 6.92 Å². The third kappa shape index (κ3) is 3.66. The second kappa shape index (κ2) is 6.49. The van der Waals surface area contributed by atoms with Gasteiger partial charge in [0.2, 0.25) is 0 Å². The Morgan fingerprint density at radius 3 is 2.15 bits per heavy atom. The molecule has 0 aliphatic heterocycles. The molecule has 0 saturated heterocycles. The minimum Gasteiger partial charge on any atom is -0.484 e. The molecular weight excluding hydrogens is 293 g/mol. The monoisotopic (exact) mass is 309 g/mol. The van der Waals surface area contributed by atoms with E-state index in [1.165, 1.54) is 0 Å². The van der Waals surface area contributed by atoms with Crippen molar-refractivity contribution in [3.05, 3.63) is 63.6 Å². The van der Waals surface area contributed by atoms with Gasteiger partial charge in [0.1, 0.15) is 11.9 Å². The first-order valence-electron chi connectivity index (χ1n) is 6.41. The lowest BCUT2D eigenvalue weighted by molar-refractivity contribution is 0.179. The minimum atomic E-state index is -0.229. The minimum absolute atomic E-state index is 0.147. The summed E-state index contributed by atoms with van der Waals surface area (Å²) in [7, 11) is 0. The summed E-state index contributed by atoms with van der Waals surface area (Å²) in [5, 5.41) is 1.39. The van der Waals surface area contributed by atoms with E-state index >= 15 is 0 Å². The molecular formula is C16H17Cl2NO. The van der Waals surface area contributed by atoms with Gasteiger partial charge < -0.3 is 10.5 Å². The maximum absolute atomic E-state index is 6.06. The Labute approximate surface area is 129 Å². The smallest absolute Gasteiger partial charge is 0.138 e. The van der Waals surface area contributed by atoms with Gasteiger partial charge in [-0.1, -0.05) is 35.3 Å². The van der Waals surface area contributed by atoms with Crippen molar-refractivity contribution >= 4 is 23.2 Å². The van der Waals surface area contributed by atoms with E-state index in [1.54, 1.807) is 0 Å². The Bertz CT molecular complexity index is 582. The highest BCUT2D eigenvalue weighted by Crippen LogP contribution is 2.29. The first-order valence-corrected chi connectivity index (χ1v) is 7.17. The molecule has 0 aliphatic rings. The number of hydrogen-bond acceptors (Lipinski definition) is 2. The van der Waals surface area contributed by atoms with Crippen LogP contribution in [0.4, 0.5) is 0 Å². The van der Waals surface area contributed by atoms with Crippen molar-refractivity contribution < 1.29 is 4.74 Å². The molecule has 0 fully saturated rings. The predicted octanol–water partition coefficient (Wildman–Crippen LogP) is 4.77. The van der Waals surface area contributed by atoms with Crippen LogP contribution in [0.2, 0.25) is 10.0 Å². The van der Waals surface area contributed by atoms with E-state index in [9.17, 15) is 0 Å². The van der Waals surface area contributed by atoms with E-state index < -0.39 is 0 Å². The molecule has 0 radical (unpaired) electrons. The van der Waals surface area contributed by atoms with Crippen molar-refractivity contribution in [1.82, 2.24) is 0 Å². The van der Waals surface area contributed by atoms with Crippen LogP contribution in [-0.4, -0.2) is 6.04 Å². The van der Waals surface area contributed by atoms with E-state index in [4.69, 9.17) is 33.7 Å². The largest absolute Gasteiger partial charge is 0.484 e. The summed E-state index contributed by atoms with van der Waals surface area (Å²) >= 11 is 11.9. The molecule has 0 aliphatic carbocycles. The van der Waals surface area contributed by atoms with Crippen LogP contribution < -0.4 is 10.5 Å². The van der Waals surface area contributed by atoms with Crippen LogP contribution in [-0.2, 0) is 0 Å². The van der Waals surface area contributed by atoms with Gasteiger partial charge >= 0.3 is 0 Å². The lowest BCUT2D eigenvalue weighted by Crippen LogP contribution is -2.29. The van der Waals surface area contributed by atoms with Gasteiger partial charge in [-0.2, -0.15) is 0 Å². The van der Waals surface area contributed by atoms with Gasteiger partial charge in [0.05, 0.1) is 0 Å². The number of rotatable bonds is 4. The molecule has 2 nitrogen and oxygen atoms in total. The van der Waals surface area contributed by atoms with Crippen LogP contribution in [0.5, 0.6) is 5.75 Å². The normalized spacial score (nSPS) is 13.8. The molecule has 0 saturated carbocycles. The number of hydrogen-bond donors (Lipinski definition) is 1. The van der Waals surface area contributed by atoms with Gasteiger partial charge in [-0.3, -0.25) is 0 Å². The fourth-order valence-electron chi connectivity index (χ4n) is 2.01. The molecule has 2 aromatic rings. The maximum atomic E-state index is 6.06. The molecule has 0 heterocycles. The lowest BCUT2D eigenvalue weighted by atomic mass is 10.0. The highest BCUT2D eigenvalue weighted by molar-refractivity contribution is 6.30. The summed E-state index contributed by atoms with van der Waals surface area (Å²) < 4.78 is 6.06. The lowest BCUT2D eigenvalue weighted by Gasteiger charge is -2.24. The van der Waals surface area contributed by atoms with Crippen molar-refractivity contribution in [2.24, 2.45) is 5.73 Å². The van der Waals surface area contributed by atoms with Crippen molar-refractivity contribution in [1.29, 1.82) is 0 Å². The SMILES string of the molecule is Cc1cc(Cl)ccc1OC(c1ccc(Cl)cc1)C(C)N. The molecule has 4 heteroatoms. The zero-order valence-electron chi connectivity index (χ0n) is 11.4. The van der Waals surface area contributed by atoms with Gasteiger partial charge in [0, 0.05) is 16.1 Å². The summed E-state index contributed by atoms with van der Waals surface area (Å²) in [5.74, 6) is 0.784. The van der Waals surface area contributed by atoms with Crippen LogP contribution >= 0.6 is 23.2 Å². The van der Waals surface area contributed by atoms with Crippen LogP contribution in [0.15, 0.2) is 42.5 Å². The molecule has 20 heavy (non-hydrogen) atoms. The zero-order chi connectivity index (χ0) is 14.7. The van der Waals surface area contributed by atoms with E-state index in [2.05, 4.69) is 0 Å². The third-order valence-corrected chi connectivity index (χ3v) is 3.55. The molecule has 0 bridgehead atoms. The molecule has 0 amide bonds. The maximum Gasteiger partial charge on any atom is 0.138 e. The standard InChI is InChI=1S/C16H17Cl2NO/c1-10-9-14(18)7-8-15(10)20-16(11(2)19)12-3-5-13(17)6-4-12/h3-9,11,16H,19H2,1-2H3. The molecule has 106 valence electrons. The van der Waals surface area contributed by atoms with Gasteiger partial charge in [-0.05, 0) is 55.3 Å². The Hall–Kier alpha value is -1.22. The predicted molar refractivity (Wildman–Crippen MR) is 84.7 cm³/mol. The molecule has 0 aromatic heterocycles. The van der Waals surface area contributed by atoms with Gasteiger partial charge in [-0.25, -0.2) is 0 Å². The zero-order valence-corrected chi connectivity index (χ0v) is 12.9. The van der Waals surface area contributed by atoms with Crippen LogP contribution in [0.3, 0.4) is 0 Å². The highest BCUT2D eigenvalue weighted by atomic mass is 35.5. The Balaban J connectivity index is 2.28. The molecule has 2 unspecified atom stereocenters. The first-order chi connectivity index (χ1) is 9.47. The van der Waals surface area contributed by atoms with Crippen molar-refractivity contribution in [3.8, 4) is 5.75 Å². The number of nitrogens with two attached hydrogens (primary N) is 1. The average molecular weight is 310 g/mol. The van der Waals surface area contributed by atoms with E-state index in [0.717, 1.165) is 16.9 Å². The quantitative estimate of drug-likeness (QED) is 0.883. The molecule has 2 atom stereocenters. The van der Waals surface area contributed by atoms with Crippen molar-refractivity contribution in [2.75, 3.05) is 0 Å². The van der Waals surface area contributed by atoms with Crippen LogP contribution in [0.1, 0.15) is 24.2 Å². The van der Waals surface area contributed by atoms with E-state index in [-0.39, 0.29) is 12.1 Å². The summed E-state index contributed by atoms with van der Waals surface area (Å²) in [5.41, 5.74) is 8.03. The summed E-state index contributed by atoms with van der Waals surface area (Å²) in [6.45, 7) is 3.88. The Morgan fingerprint density at radius 2 is 1.60 bits per heavy atom. The second-order valence-corrected chi connectivity index (χ2v) is 5.73. The number of benzene rings is 2. The van der Waals surface area contributed by atoms with E-state index in [0.29, 0.717) is 10.0 Å². The summed E-state index contributed by atoms with van der Waals surface area (Å²) in [6.07, 6.45) is -0.229. The molecule has 0 spiro atoms. The second-order valence-electron chi connectivity index (χ2n) is 4.86. The van der Waals surface area contributed by atoms with Gasteiger partial charge in [0.25, 0.3) is 0 Å². The first kappa shape index (κ1) is 15.2. The topological polar surface area (TPSA) is 35.2 Å². The molecule has 2 N–H and O–H groups in total. The summed E-state index contributed by atoms with van der Waals surface area (Å²) in [6, 6.07) is 12.9.